The zero-order valence-electron chi connectivity index (χ0n) is 15.3. The number of hydrogen-bond donors (Lipinski definition) is 1. The fourth-order valence-electron chi connectivity index (χ4n) is 3.04. The number of aromatic nitrogens is 5. The Morgan fingerprint density at radius 2 is 2.03 bits per heavy atom. The molecule has 30 heavy (non-hydrogen) atoms. The molecule has 0 aliphatic heterocycles. The molecule has 0 saturated heterocycles. The van der Waals surface area contributed by atoms with E-state index < -0.39 is 30.6 Å². The van der Waals surface area contributed by atoms with Crippen LogP contribution in [0.15, 0.2) is 36.7 Å². The Balaban J connectivity index is 1.62. The maximum Gasteiger partial charge on any atom is 0.416 e. The van der Waals surface area contributed by atoms with Crippen molar-refractivity contribution < 1.29 is 26.7 Å². The smallest absolute Gasteiger partial charge is 0.318 e. The number of nitrogens with zero attached hydrogens (tertiary/aromatic N) is 5. The number of amides is 1. The van der Waals surface area contributed by atoms with E-state index in [4.69, 9.17) is 0 Å². The summed E-state index contributed by atoms with van der Waals surface area (Å²) in [5.74, 6) is -0.705. The first-order valence-corrected chi connectivity index (χ1v) is 8.97. The molecule has 1 N–H and O–H groups in total. The fraction of sp³-hybridized carbons (Fsp3) is 0.333. The monoisotopic (exact) mass is 426 g/mol. The largest absolute Gasteiger partial charge is 0.416 e. The number of hydrogen-bond acceptors (Lipinski definition) is 4. The van der Waals surface area contributed by atoms with Gasteiger partial charge >= 0.3 is 6.18 Å². The summed E-state index contributed by atoms with van der Waals surface area (Å²) in [6.07, 6.45) is -3.15. The van der Waals surface area contributed by atoms with Gasteiger partial charge in [0, 0.05) is 12.1 Å². The molecule has 2 aromatic heterocycles. The summed E-state index contributed by atoms with van der Waals surface area (Å²) >= 11 is 0. The van der Waals surface area contributed by atoms with Crippen molar-refractivity contribution in [1.82, 2.24) is 24.8 Å². The van der Waals surface area contributed by atoms with Crippen molar-refractivity contribution in [2.45, 2.75) is 37.9 Å². The second-order valence-electron chi connectivity index (χ2n) is 6.85. The normalized spacial score (nSPS) is 14.3. The second kappa shape index (κ2) is 7.50. The standard InChI is InChI=1S/C18H15F5N6O/c19-14(20)9-28-8-12(7-24-28)25-17(30)15-16(10-4-5-10)29(27-26-15)13-3-1-2-11(6-13)18(21,22)23/h1-3,6-8,10,14H,4-5,9H2,(H,25,30). The van der Waals surface area contributed by atoms with Gasteiger partial charge in [0.1, 0.15) is 6.54 Å². The first-order valence-electron chi connectivity index (χ1n) is 8.97. The van der Waals surface area contributed by atoms with Gasteiger partial charge in [0.2, 0.25) is 0 Å². The molecule has 12 heteroatoms. The molecular weight excluding hydrogens is 411 g/mol. The summed E-state index contributed by atoms with van der Waals surface area (Å²) in [6, 6.07) is 4.60. The topological polar surface area (TPSA) is 77.6 Å². The zero-order chi connectivity index (χ0) is 21.5. The second-order valence-corrected chi connectivity index (χ2v) is 6.85. The third kappa shape index (κ3) is 4.16. The molecule has 1 aliphatic carbocycles. The van der Waals surface area contributed by atoms with E-state index in [-0.39, 0.29) is 23.0 Å². The molecule has 7 nitrogen and oxygen atoms in total. The number of carbonyl (C=O) groups is 1. The minimum Gasteiger partial charge on any atom is -0.318 e. The third-order valence-electron chi connectivity index (χ3n) is 4.52. The van der Waals surface area contributed by atoms with Gasteiger partial charge in [-0.25, -0.2) is 13.5 Å². The van der Waals surface area contributed by atoms with Gasteiger partial charge in [0.25, 0.3) is 12.3 Å². The van der Waals surface area contributed by atoms with E-state index in [1.807, 2.05) is 0 Å². The average Bonchev–Trinajstić information content (AvgIpc) is 3.26. The minimum atomic E-state index is -4.52. The van der Waals surface area contributed by atoms with Crippen molar-refractivity contribution in [2.75, 3.05) is 5.32 Å². The molecular formula is C18H15F5N6O. The van der Waals surface area contributed by atoms with E-state index in [0.29, 0.717) is 5.69 Å². The van der Waals surface area contributed by atoms with Crippen LogP contribution in [0.3, 0.4) is 0 Å². The van der Waals surface area contributed by atoms with E-state index in [0.717, 1.165) is 29.7 Å². The Morgan fingerprint density at radius 1 is 1.27 bits per heavy atom. The molecule has 1 amide bonds. The molecule has 2 heterocycles. The van der Waals surface area contributed by atoms with Gasteiger partial charge in [-0.3, -0.25) is 9.48 Å². The quantitative estimate of drug-likeness (QED) is 0.607. The van der Waals surface area contributed by atoms with Crippen molar-refractivity contribution in [3.8, 4) is 5.69 Å². The molecule has 3 aromatic rings. The number of benzene rings is 1. The highest BCUT2D eigenvalue weighted by atomic mass is 19.4. The molecule has 4 rings (SSSR count). The Kier molecular flexibility index (Phi) is 5.00. The van der Waals surface area contributed by atoms with Crippen LogP contribution in [0.2, 0.25) is 0 Å². The van der Waals surface area contributed by atoms with E-state index in [2.05, 4.69) is 20.7 Å². The van der Waals surface area contributed by atoms with Crippen LogP contribution in [0, 0.1) is 0 Å². The summed E-state index contributed by atoms with van der Waals surface area (Å²) in [5, 5.41) is 14.0. The van der Waals surface area contributed by atoms with E-state index in [9.17, 15) is 26.7 Å². The predicted molar refractivity (Wildman–Crippen MR) is 94.5 cm³/mol. The van der Waals surface area contributed by atoms with Crippen molar-refractivity contribution >= 4 is 11.6 Å². The van der Waals surface area contributed by atoms with Gasteiger partial charge in [-0.05, 0) is 31.0 Å². The summed E-state index contributed by atoms with van der Waals surface area (Å²) in [6.45, 7) is -0.616. The van der Waals surface area contributed by atoms with Crippen molar-refractivity contribution in [3.63, 3.8) is 0 Å². The molecule has 1 fully saturated rings. The SMILES string of the molecule is O=C(Nc1cnn(CC(F)F)c1)c1nnn(-c2cccc(C(F)(F)F)c2)c1C1CC1. The van der Waals surface area contributed by atoms with Crippen molar-refractivity contribution in [3.05, 3.63) is 53.6 Å². The molecule has 1 aromatic carbocycles. The summed E-state index contributed by atoms with van der Waals surface area (Å²) in [4.78, 5) is 12.7. The maximum absolute atomic E-state index is 13.0. The first kappa shape index (κ1) is 20.0. The highest BCUT2D eigenvalue weighted by Crippen LogP contribution is 2.42. The highest BCUT2D eigenvalue weighted by Gasteiger charge is 2.35. The fourth-order valence-corrected chi connectivity index (χ4v) is 3.04. The van der Waals surface area contributed by atoms with Gasteiger partial charge in [-0.15, -0.1) is 5.10 Å². The lowest BCUT2D eigenvalue weighted by Gasteiger charge is -2.10. The Labute approximate surface area is 166 Å². The van der Waals surface area contributed by atoms with Crippen LogP contribution in [0.1, 0.15) is 40.5 Å². The van der Waals surface area contributed by atoms with Crippen LogP contribution in [-0.2, 0) is 12.7 Å². The number of carbonyl (C=O) groups excluding carboxylic acids is 1. The van der Waals surface area contributed by atoms with E-state index in [1.54, 1.807) is 0 Å². The third-order valence-corrected chi connectivity index (χ3v) is 4.52. The number of alkyl halides is 5. The van der Waals surface area contributed by atoms with Crippen LogP contribution >= 0.6 is 0 Å². The average molecular weight is 426 g/mol. The maximum atomic E-state index is 13.0. The molecule has 0 unspecified atom stereocenters. The van der Waals surface area contributed by atoms with Gasteiger partial charge < -0.3 is 5.32 Å². The first-order chi connectivity index (χ1) is 14.2. The lowest BCUT2D eigenvalue weighted by Crippen LogP contribution is -2.15. The van der Waals surface area contributed by atoms with Crippen LogP contribution in [-0.4, -0.2) is 37.1 Å². The van der Waals surface area contributed by atoms with Gasteiger partial charge in [-0.1, -0.05) is 11.3 Å². The molecule has 1 aliphatic rings. The zero-order valence-corrected chi connectivity index (χ0v) is 15.3. The molecule has 0 atom stereocenters. The Hall–Kier alpha value is -3.31. The highest BCUT2D eigenvalue weighted by molar-refractivity contribution is 6.03. The molecule has 1 saturated carbocycles. The lowest BCUT2D eigenvalue weighted by molar-refractivity contribution is -0.137. The van der Waals surface area contributed by atoms with Gasteiger partial charge in [0.05, 0.1) is 28.8 Å². The number of nitrogens with one attached hydrogen (secondary N) is 1. The van der Waals surface area contributed by atoms with E-state index in [1.165, 1.54) is 29.2 Å². The van der Waals surface area contributed by atoms with E-state index >= 15 is 0 Å². The molecule has 0 radical (unpaired) electrons. The number of rotatable bonds is 6. The lowest BCUT2D eigenvalue weighted by atomic mass is 10.1. The van der Waals surface area contributed by atoms with Crippen molar-refractivity contribution in [1.29, 1.82) is 0 Å². The molecule has 0 bridgehead atoms. The Bertz CT molecular complexity index is 1070. The van der Waals surface area contributed by atoms with Gasteiger partial charge in [-0.2, -0.15) is 18.3 Å². The van der Waals surface area contributed by atoms with Crippen LogP contribution < -0.4 is 5.32 Å². The minimum absolute atomic E-state index is 0.0310. The number of halogens is 5. The summed E-state index contributed by atoms with van der Waals surface area (Å²) in [5.41, 5.74) is -0.128. The summed E-state index contributed by atoms with van der Waals surface area (Å²) in [7, 11) is 0. The summed E-state index contributed by atoms with van der Waals surface area (Å²) < 4.78 is 66.2. The predicted octanol–water partition coefficient (Wildman–Crippen LogP) is 3.88. The molecule has 0 spiro atoms. The Morgan fingerprint density at radius 3 is 2.70 bits per heavy atom. The number of anilines is 1. The van der Waals surface area contributed by atoms with Crippen LogP contribution in [0.25, 0.3) is 5.69 Å². The van der Waals surface area contributed by atoms with Gasteiger partial charge in [0.15, 0.2) is 5.69 Å². The van der Waals surface area contributed by atoms with Crippen LogP contribution in [0.5, 0.6) is 0 Å². The van der Waals surface area contributed by atoms with Crippen molar-refractivity contribution in [2.24, 2.45) is 0 Å². The van der Waals surface area contributed by atoms with Crippen LogP contribution in [0.4, 0.5) is 27.6 Å². The molecule has 158 valence electrons.